The zero-order valence-corrected chi connectivity index (χ0v) is 28.6. The van der Waals surface area contributed by atoms with Crippen molar-refractivity contribution < 1.29 is 47.6 Å². The van der Waals surface area contributed by atoms with Crippen LogP contribution in [0.1, 0.15) is 43.4 Å². The van der Waals surface area contributed by atoms with E-state index in [-0.39, 0.29) is 42.3 Å². The summed E-state index contributed by atoms with van der Waals surface area (Å²) in [6, 6.07) is 32.5. The highest BCUT2D eigenvalue weighted by Gasteiger charge is 2.27. The van der Waals surface area contributed by atoms with Gasteiger partial charge in [-0.15, -0.1) is 0 Å². The zero-order chi connectivity index (χ0) is 37.9. The first-order chi connectivity index (χ1) is 26.3. The molecule has 0 aliphatic heterocycles. The summed E-state index contributed by atoms with van der Waals surface area (Å²) in [6.45, 7) is 6.00. The molecule has 0 heterocycles. The molecule has 6 rings (SSSR count). The van der Waals surface area contributed by atoms with Crippen molar-refractivity contribution in [3.05, 3.63) is 168 Å². The molecule has 0 saturated heterocycles. The van der Waals surface area contributed by atoms with Crippen LogP contribution in [0, 0.1) is 0 Å². The van der Waals surface area contributed by atoms with Gasteiger partial charge >= 0.3 is 23.9 Å². The van der Waals surface area contributed by atoms with Crippen molar-refractivity contribution in [1.82, 2.24) is 5.43 Å². The Hall–Kier alpha value is -7.47. The van der Waals surface area contributed by atoms with Crippen LogP contribution in [0.15, 0.2) is 146 Å². The lowest BCUT2D eigenvalue weighted by atomic mass is 10.1. The van der Waals surface area contributed by atoms with E-state index in [9.17, 15) is 19.2 Å². The van der Waals surface area contributed by atoms with Crippen LogP contribution in [0.4, 0.5) is 0 Å². The van der Waals surface area contributed by atoms with Gasteiger partial charge in [0.1, 0.15) is 23.0 Å². The van der Waals surface area contributed by atoms with Crippen molar-refractivity contribution in [3.63, 3.8) is 0 Å². The average molecular weight is 725 g/mol. The molecule has 0 amide bonds. The number of carbonyl (C=O) groups excluding carboxylic acids is 4. The molecule has 1 aliphatic carbocycles. The first-order valence-electron chi connectivity index (χ1n) is 16.4. The lowest BCUT2D eigenvalue weighted by Crippen LogP contribution is -2.15. The van der Waals surface area contributed by atoms with Crippen LogP contribution in [-0.2, 0) is 19.1 Å². The smallest absolute Gasteiger partial charge is 0.343 e. The van der Waals surface area contributed by atoms with Gasteiger partial charge in [0.05, 0.1) is 23.4 Å². The van der Waals surface area contributed by atoms with Gasteiger partial charge in [0.15, 0.2) is 0 Å². The number of hydrogen-bond donors (Lipinski definition) is 1. The third-order valence-electron chi connectivity index (χ3n) is 8.00. The normalized spacial score (nSPS) is 11.4. The largest absolute Gasteiger partial charge is 0.457 e. The number of nitrogens with one attached hydrogen (secondary N) is 1. The van der Waals surface area contributed by atoms with Crippen LogP contribution in [0.2, 0.25) is 0 Å². The maximum atomic E-state index is 13.2. The lowest BCUT2D eigenvalue weighted by molar-refractivity contribution is -0.145. The summed E-state index contributed by atoms with van der Waals surface area (Å²) in [7, 11) is 0. The van der Waals surface area contributed by atoms with Crippen LogP contribution in [0.25, 0.3) is 11.1 Å². The van der Waals surface area contributed by atoms with Crippen molar-refractivity contribution in [2.45, 2.75) is 6.04 Å². The number of fused-ring (bicyclic) bond motifs is 3. The molecule has 270 valence electrons. The standard InChI is InChI=1S/C42H32N2O10/c1-3-38(45)51-25-49-30-17-13-27(14-18-30)41(47)53-32-21-22-37(54-42(48)28-15-19-31(20-16-28)50-26-52-39(46)4-2)29(23-32)24-43-44-40-35-11-7-5-9-33(35)34-10-6-8-12-36(34)40/h3-24,40,44H,1-2,25-26H2/b43-24+. The Balaban J connectivity index is 1.19. The molecule has 0 fully saturated rings. The predicted molar refractivity (Wildman–Crippen MR) is 197 cm³/mol. The molecule has 1 aliphatic rings. The van der Waals surface area contributed by atoms with Crippen molar-refractivity contribution >= 4 is 30.1 Å². The maximum absolute atomic E-state index is 13.2. The summed E-state index contributed by atoms with van der Waals surface area (Å²) >= 11 is 0. The topological polar surface area (TPSA) is 148 Å². The number of hydrogen-bond acceptors (Lipinski definition) is 12. The molecule has 12 nitrogen and oxygen atoms in total. The quantitative estimate of drug-likeness (QED) is 0.0299. The second-order valence-corrected chi connectivity index (χ2v) is 11.4. The summed E-state index contributed by atoms with van der Waals surface area (Å²) in [5.41, 5.74) is 8.34. The van der Waals surface area contributed by atoms with Crippen LogP contribution in [-0.4, -0.2) is 43.7 Å². The molecule has 0 unspecified atom stereocenters. The van der Waals surface area contributed by atoms with Crippen LogP contribution in [0.3, 0.4) is 0 Å². The highest BCUT2D eigenvalue weighted by molar-refractivity contribution is 5.94. The van der Waals surface area contributed by atoms with Gasteiger partial charge < -0.3 is 28.4 Å². The number of nitrogens with zero attached hydrogens (tertiary/aromatic N) is 1. The first-order valence-corrected chi connectivity index (χ1v) is 16.4. The Morgan fingerprint density at radius 1 is 0.611 bits per heavy atom. The minimum Gasteiger partial charge on any atom is -0.457 e. The molecule has 0 aromatic heterocycles. The van der Waals surface area contributed by atoms with E-state index in [1.165, 1.54) is 72.9 Å². The van der Waals surface area contributed by atoms with E-state index in [0.29, 0.717) is 17.1 Å². The molecule has 0 bridgehead atoms. The van der Waals surface area contributed by atoms with Gasteiger partial charge in [-0.25, -0.2) is 19.2 Å². The number of ether oxygens (including phenoxy) is 6. The monoisotopic (exact) mass is 724 g/mol. The number of rotatable bonds is 15. The molecule has 1 N–H and O–H groups in total. The van der Waals surface area contributed by atoms with Crippen LogP contribution < -0.4 is 24.4 Å². The van der Waals surface area contributed by atoms with Gasteiger partial charge in [-0.1, -0.05) is 61.7 Å². The second kappa shape index (κ2) is 17.2. The van der Waals surface area contributed by atoms with E-state index >= 15 is 0 Å². The summed E-state index contributed by atoms with van der Waals surface area (Å²) in [5.74, 6) is -1.56. The summed E-state index contributed by atoms with van der Waals surface area (Å²) < 4.78 is 31.7. The highest BCUT2D eigenvalue weighted by atomic mass is 16.7. The van der Waals surface area contributed by atoms with Crippen molar-refractivity contribution in [3.8, 4) is 34.1 Å². The van der Waals surface area contributed by atoms with Gasteiger partial charge in [-0.3, -0.25) is 5.43 Å². The Morgan fingerprint density at radius 3 is 1.61 bits per heavy atom. The third-order valence-corrected chi connectivity index (χ3v) is 8.00. The molecular formula is C42H32N2O10. The van der Waals surface area contributed by atoms with Crippen LogP contribution in [0.5, 0.6) is 23.0 Å². The Bertz CT molecular complexity index is 2180. The zero-order valence-electron chi connectivity index (χ0n) is 28.6. The second-order valence-electron chi connectivity index (χ2n) is 11.4. The minimum atomic E-state index is -0.674. The summed E-state index contributed by atoms with van der Waals surface area (Å²) in [6.07, 6.45) is 3.52. The number of benzene rings is 5. The van der Waals surface area contributed by atoms with E-state index in [1.54, 1.807) is 0 Å². The molecule has 12 heteroatoms. The van der Waals surface area contributed by atoms with E-state index in [4.69, 9.17) is 28.4 Å². The Labute approximate surface area is 309 Å². The first kappa shape index (κ1) is 36.3. The molecule has 5 aromatic rings. The fourth-order valence-electron chi connectivity index (χ4n) is 5.39. The number of carbonyl (C=O) groups is 4. The van der Waals surface area contributed by atoms with E-state index in [0.717, 1.165) is 34.4 Å². The number of hydrazone groups is 1. The van der Waals surface area contributed by atoms with E-state index in [1.807, 2.05) is 36.4 Å². The molecule has 0 atom stereocenters. The molecule has 0 radical (unpaired) electrons. The molecule has 0 spiro atoms. The van der Waals surface area contributed by atoms with Crippen molar-refractivity contribution in [2.75, 3.05) is 13.6 Å². The van der Waals surface area contributed by atoms with E-state index in [2.05, 4.69) is 35.8 Å². The fourth-order valence-corrected chi connectivity index (χ4v) is 5.39. The predicted octanol–water partition coefficient (Wildman–Crippen LogP) is 6.95. The molecule has 0 saturated carbocycles. The van der Waals surface area contributed by atoms with Crippen molar-refractivity contribution in [2.24, 2.45) is 5.10 Å². The SMILES string of the molecule is C=CC(=O)OCOc1ccc(C(=O)Oc2ccc(OC(=O)c3ccc(OCOC(=O)C=C)cc3)c(/C=N/NC3c4ccccc4-c4ccccc43)c2)cc1. The van der Waals surface area contributed by atoms with Gasteiger partial charge in [-0.2, -0.15) is 5.10 Å². The maximum Gasteiger partial charge on any atom is 0.343 e. The lowest BCUT2D eigenvalue weighted by Gasteiger charge is -2.14. The fraction of sp³-hybridized carbons (Fsp3) is 0.0714. The Kier molecular flexibility index (Phi) is 11.5. The van der Waals surface area contributed by atoms with Gasteiger partial charge in [0, 0.05) is 17.7 Å². The Morgan fingerprint density at radius 2 is 1.09 bits per heavy atom. The minimum absolute atomic E-state index is 0.146. The molecular weight excluding hydrogens is 692 g/mol. The average Bonchev–Trinajstić information content (AvgIpc) is 3.52. The van der Waals surface area contributed by atoms with Gasteiger partial charge in [0.25, 0.3) is 0 Å². The van der Waals surface area contributed by atoms with Crippen molar-refractivity contribution in [1.29, 1.82) is 0 Å². The summed E-state index contributed by atoms with van der Waals surface area (Å²) in [5, 5.41) is 4.53. The molecule has 5 aromatic carbocycles. The summed E-state index contributed by atoms with van der Waals surface area (Å²) in [4.78, 5) is 48.8. The number of esters is 4. The van der Waals surface area contributed by atoms with Crippen LogP contribution >= 0.6 is 0 Å². The van der Waals surface area contributed by atoms with Gasteiger partial charge in [0.2, 0.25) is 13.6 Å². The molecule has 54 heavy (non-hydrogen) atoms. The van der Waals surface area contributed by atoms with E-state index < -0.39 is 23.9 Å². The van der Waals surface area contributed by atoms with Gasteiger partial charge in [-0.05, 0) is 89.0 Å². The third kappa shape index (κ3) is 8.87. The highest BCUT2D eigenvalue weighted by Crippen LogP contribution is 2.43.